The van der Waals surface area contributed by atoms with Gasteiger partial charge in [0.25, 0.3) is 0 Å². The van der Waals surface area contributed by atoms with Crippen LogP contribution in [0.5, 0.6) is 0 Å². The van der Waals surface area contributed by atoms with E-state index in [4.69, 9.17) is 0 Å². The lowest BCUT2D eigenvalue weighted by molar-refractivity contribution is -0.671. The van der Waals surface area contributed by atoms with E-state index in [-0.39, 0.29) is 5.78 Å². The van der Waals surface area contributed by atoms with Gasteiger partial charge in [-0.1, -0.05) is 52.3 Å². The van der Waals surface area contributed by atoms with E-state index in [0.717, 1.165) is 21.2 Å². The molecule has 1 heterocycles. The van der Waals surface area contributed by atoms with Gasteiger partial charge in [-0.15, -0.1) is 0 Å². The lowest BCUT2D eigenvalue weighted by Gasteiger charge is -2.04. The number of aryl methyl sites for hydroxylation is 1. The molecular weight excluding hydrogens is 340 g/mol. The van der Waals surface area contributed by atoms with Crippen LogP contribution in [0.1, 0.15) is 10.4 Å². The first kappa shape index (κ1) is 14.7. The first-order chi connectivity index (χ1) is 10.6. The third-order valence-electron chi connectivity index (χ3n) is 3.53. The van der Waals surface area contributed by atoms with Crippen molar-refractivity contribution in [1.82, 2.24) is 4.57 Å². The van der Waals surface area contributed by atoms with Crippen molar-refractivity contribution in [1.29, 1.82) is 0 Å². The van der Waals surface area contributed by atoms with Gasteiger partial charge < -0.3 is 0 Å². The third kappa shape index (κ3) is 3.34. The number of benzene rings is 2. The molecule has 2 aromatic carbocycles. The van der Waals surface area contributed by atoms with Gasteiger partial charge >= 0.3 is 0 Å². The standard InChI is InChI=1S/C18H16BrN2O/c1-20-10-11-21(13-20)12-18(22)16-4-2-14(3-5-16)15-6-8-17(19)9-7-15/h2-11,13H,12H2,1H3/q+1. The molecule has 0 unspecified atom stereocenters. The molecule has 22 heavy (non-hydrogen) atoms. The highest BCUT2D eigenvalue weighted by Gasteiger charge is 2.10. The number of carbonyl (C=O) groups excluding carboxylic acids is 1. The van der Waals surface area contributed by atoms with Crippen LogP contribution in [-0.4, -0.2) is 10.4 Å². The van der Waals surface area contributed by atoms with Crippen LogP contribution in [0.25, 0.3) is 11.1 Å². The molecule has 0 saturated heterocycles. The minimum Gasteiger partial charge on any atom is -0.290 e. The Labute approximate surface area is 138 Å². The SMILES string of the molecule is C[n+]1ccn(CC(=O)c2ccc(-c3ccc(Br)cc3)cc2)c1. The van der Waals surface area contributed by atoms with Gasteiger partial charge in [0, 0.05) is 10.0 Å². The first-order valence-corrected chi connectivity index (χ1v) is 7.81. The summed E-state index contributed by atoms with van der Waals surface area (Å²) in [6.45, 7) is 0.360. The number of Topliss-reactive ketones (excluding diaryl/α,β-unsaturated/α-hetero) is 1. The van der Waals surface area contributed by atoms with E-state index in [9.17, 15) is 4.79 Å². The summed E-state index contributed by atoms with van der Waals surface area (Å²) in [6.07, 6.45) is 5.71. The molecule has 0 bridgehead atoms. The minimum absolute atomic E-state index is 0.110. The van der Waals surface area contributed by atoms with E-state index in [1.165, 1.54) is 0 Å². The molecule has 3 aromatic rings. The number of imidazole rings is 1. The molecule has 0 aliphatic carbocycles. The molecule has 3 nitrogen and oxygen atoms in total. The van der Waals surface area contributed by atoms with Gasteiger partial charge in [0.05, 0.1) is 7.05 Å². The van der Waals surface area contributed by atoms with Crippen LogP contribution in [-0.2, 0) is 13.6 Å². The summed E-state index contributed by atoms with van der Waals surface area (Å²) in [5.41, 5.74) is 2.98. The summed E-state index contributed by atoms with van der Waals surface area (Å²) in [6, 6.07) is 15.9. The van der Waals surface area contributed by atoms with Crippen molar-refractivity contribution in [2.24, 2.45) is 7.05 Å². The highest BCUT2D eigenvalue weighted by Crippen LogP contribution is 2.22. The molecule has 0 aliphatic heterocycles. The maximum atomic E-state index is 12.3. The maximum absolute atomic E-state index is 12.3. The van der Waals surface area contributed by atoms with Crippen LogP contribution in [0.3, 0.4) is 0 Å². The Morgan fingerprint density at radius 2 is 1.64 bits per heavy atom. The zero-order chi connectivity index (χ0) is 15.5. The van der Waals surface area contributed by atoms with Crippen LogP contribution in [0.2, 0.25) is 0 Å². The number of aromatic nitrogens is 2. The fourth-order valence-electron chi connectivity index (χ4n) is 2.34. The van der Waals surface area contributed by atoms with Crippen molar-refractivity contribution in [3.8, 4) is 11.1 Å². The van der Waals surface area contributed by atoms with E-state index < -0.39 is 0 Å². The normalized spacial score (nSPS) is 10.6. The molecule has 0 amide bonds. The Morgan fingerprint density at radius 1 is 1.05 bits per heavy atom. The quantitative estimate of drug-likeness (QED) is 0.518. The highest BCUT2D eigenvalue weighted by atomic mass is 79.9. The molecule has 0 fully saturated rings. The molecule has 4 heteroatoms. The second kappa shape index (κ2) is 6.28. The zero-order valence-corrected chi connectivity index (χ0v) is 13.8. The maximum Gasteiger partial charge on any atom is 0.243 e. The molecule has 110 valence electrons. The highest BCUT2D eigenvalue weighted by molar-refractivity contribution is 9.10. The Kier molecular flexibility index (Phi) is 4.20. The van der Waals surface area contributed by atoms with Crippen LogP contribution in [0.15, 0.2) is 71.7 Å². The average molecular weight is 356 g/mol. The second-order valence-corrected chi connectivity index (χ2v) is 6.17. The van der Waals surface area contributed by atoms with Crippen LogP contribution >= 0.6 is 15.9 Å². The summed E-state index contributed by atoms with van der Waals surface area (Å²) in [5.74, 6) is 0.110. The molecule has 0 saturated carbocycles. The largest absolute Gasteiger partial charge is 0.290 e. The summed E-state index contributed by atoms with van der Waals surface area (Å²) < 4.78 is 4.86. The van der Waals surface area contributed by atoms with Gasteiger partial charge in [0.2, 0.25) is 12.1 Å². The van der Waals surface area contributed by atoms with Gasteiger partial charge in [0.15, 0.2) is 6.54 Å². The number of rotatable bonds is 4. The van der Waals surface area contributed by atoms with E-state index >= 15 is 0 Å². The Balaban J connectivity index is 1.76. The van der Waals surface area contributed by atoms with Crippen molar-refractivity contribution in [2.75, 3.05) is 0 Å². The summed E-state index contributed by atoms with van der Waals surface area (Å²) in [5, 5.41) is 0. The van der Waals surface area contributed by atoms with Crippen molar-refractivity contribution < 1.29 is 9.36 Å². The predicted molar refractivity (Wildman–Crippen MR) is 89.5 cm³/mol. The molecule has 0 aliphatic rings. The van der Waals surface area contributed by atoms with Gasteiger partial charge in [-0.2, -0.15) is 0 Å². The lowest BCUT2D eigenvalue weighted by Crippen LogP contribution is -2.24. The second-order valence-electron chi connectivity index (χ2n) is 5.26. The van der Waals surface area contributed by atoms with E-state index in [2.05, 4.69) is 28.1 Å². The molecule has 3 rings (SSSR count). The Morgan fingerprint density at radius 3 is 2.18 bits per heavy atom. The van der Waals surface area contributed by atoms with Crippen molar-refractivity contribution in [3.05, 3.63) is 77.3 Å². The zero-order valence-electron chi connectivity index (χ0n) is 12.2. The first-order valence-electron chi connectivity index (χ1n) is 7.02. The Hall–Kier alpha value is -2.20. The fraction of sp³-hybridized carbons (Fsp3) is 0.111. The van der Waals surface area contributed by atoms with Gasteiger partial charge in [-0.3, -0.25) is 4.79 Å². The number of halogens is 1. The lowest BCUT2D eigenvalue weighted by atomic mass is 10.0. The molecule has 0 spiro atoms. The number of hydrogen-bond acceptors (Lipinski definition) is 1. The Bertz CT molecular complexity index is 789. The number of nitrogens with zero attached hydrogens (tertiary/aromatic N) is 2. The van der Waals surface area contributed by atoms with Crippen LogP contribution in [0, 0.1) is 0 Å². The van der Waals surface area contributed by atoms with Crippen LogP contribution < -0.4 is 4.57 Å². The van der Waals surface area contributed by atoms with Gasteiger partial charge in [-0.05, 0) is 23.3 Å². The molecule has 1 aromatic heterocycles. The minimum atomic E-state index is 0.110. The van der Waals surface area contributed by atoms with Gasteiger partial charge in [0.1, 0.15) is 12.4 Å². The smallest absolute Gasteiger partial charge is 0.243 e. The van der Waals surface area contributed by atoms with Crippen molar-refractivity contribution in [3.63, 3.8) is 0 Å². The molecular formula is C18H16BrN2O+. The van der Waals surface area contributed by atoms with E-state index in [1.54, 1.807) is 0 Å². The molecule has 0 atom stereocenters. The summed E-state index contributed by atoms with van der Waals surface area (Å²) in [7, 11) is 1.94. The molecule has 0 radical (unpaired) electrons. The topological polar surface area (TPSA) is 25.9 Å². The summed E-state index contributed by atoms with van der Waals surface area (Å²) >= 11 is 3.43. The monoisotopic (exact) mass is 355 g/mol. The van der Waals surface area contributed by atoms with Gasteiger partial charge in [-0.25, -0.2) is 9.13 Å². The third-order valence-corrected chi connectivity index (χ3v) is 4.06. The van der Waals surface area contributed by atoms with Crippen LogP contribution in [0.4, 0.5) is 0 Å². The number of carbonyl (C=O) groups is 1. The van der Waals surface area contributed by atoms with Crippen molar-refractivity contribution >= 4 is 21.7 Å². The summed E-state index contributed by atoms with van der Waals surface area (Å²) in [4.78, 5) is 12.3. The number of ketones is 1. The average Bonchev–Trinajstić information content (AvgIpc) is 2.93. The predicted octanol–water partition coefficient (Wildman–Crippen LogP) is 3.63. The number of hydrogen-bond donors (Lipinski definition) is 0. The van der Waals surface area contributed by atoms with E-state index in [0.29, 0.717) is 6.54 Å². The van der Waals surface area contributed by atoms with E-state index in [1.807, 2.05) is 71.3 Å². The van der Waals surface area contributed by atoms with Crippen molar-refractivity contribution in [2.45, 2.75) is 6.54 Å². The fourth-order valence-corrected chi connectivity index (χ4v) is 2.61. The molecule has 0 N–H and O–H groups in total.